The van der Waals surface area contributed by atoms with Crippen LogP contribution >= 0.6 is 11.6 Å². The zero-order valence-corrected chi connectivity index (χ0v) is 12.4. The fourth-order valence-electron chi connectivity index (χ4n) is 2.08. The van der Waals surface area contributed by atoms with Gasteiger partial charge in [-0.3, -0.25) is 4.79 Å². The molecule has 2 aromatic carbocycles. The summed E-state index contributed by atoms with van der Waals surface area (Å²) >= 11 is 5.85. The van der Waals surface area contributed by atoms with Gasteiger partial charge in [0.2, 0.25) is 5.91 Å². The van der Waals surface area contributed by atoms with E-state index in [-0.39, 0.29) is 22.6 Å². The number of nitrogens with one attached hydrogen (secondary N) is 1. The first-order valence-electron chi connectivity index (χ1n) is 6.55. The minimum atomic E-state index is -0.753. The van der Waals surface area contributed by atoms with E-state index in [1.54, 1.807) is 6.92 Å². The van der Waals surface area contributed by atoms with Gasteiger partial charge in [0.05, 0.1) is 12.5 Å². The van der Waals surface area contributed by atoms with Gasteiger partial charge in [0.25, 0.3) is 0 Å². The van der Waals surface area contributed by atoms with Crippen molar-refractivity contribution < 1.29 is 18.0 Å². The Morgan fingerprint density at radius 3 is 2.55 bits per heavy atom. The molecule has 0 saturated heterocycles. The zero-order chi connectivity index (χ0) is 16.3. The molecule has 1 amide bonds. The molecule has 6 heteroatoms. The molecular weight excluding hydrogens is 315 g/mol. The topological polar surface area (TPSA) is 29.1 Å². The summed E-state index contributed by atoms with van der Waals surface area (Å²) in [5.41, 5.74) is 0.225. The van der Waals surface area contributed by atoms with Crippen LogP contribution in [0, 0.1) is 17.5 Å². The van der Waals surface area contributed by atoms with Crippen LogP contribution in [0.4, 0.5) is 13.2 Å². The van der Waals surface area contributed by atoms with Crippen LogP contribution in [-0.4, -0.2) is 5.91 Å². The van der Waals surface area contributed by atoms with Crippen LogP contribution in [0.15, 0.2) is 36.4 Å². The Bertz CT molecular complexity index is 686. The van der Waals surface area contributed by atoms with Gasteiger partial charge in [0.1, 0.15) is 17.5 Å². The predicted molar refractivity (Wildman–Crippen MR) is 78.0 cm³/mol. The molecule has 0 aromatic heterocycles. The van der Waals surface area contributed by atoms with Gasteiger partial charge in [-0.1, -0.05) is 23.7 Å². The molecule has 0 aliphatic rings. The molecule has 1 N–H and O–H groups in total. The molecular formula is C16H13ClF3NO. The zero-order valence-electron chi connectivity index (χ0n) is 11.7. The lowest BCUT2D eigenvalue weighted by molar-refractivity contribution is -0.121. The second kappa shape index (κ2) is 6.83. The van der Waals surface area contributed by atoms with Gasteiger partial charge in [-0.2, -0.15) is 0 Å². The molecule has 0 fully saturated rings. The van der Waals surface area contributed by atoms with Crippen LogP contribution in [0.3, 0.4) is 0 Å². The highest BCUT2D eigenvalue weighted by molar-refractivity contribution is 6.31. The van der Waals surface area contributed by atoms with E-state index in [1.165, 1.54) is 24.3 Å². The highest BCUT2D eigenvalue weighted by Gasteiger charge is 2.17. The Kier molecular flexibility index (Phi) is 5.08. The van der Waals surface area contributed by atoms with Gasteiger partial charge in [0.15, 0.2) is 0 Å². The van der Waals surface area contributed by atoms with E-state index in [2.05, 4.69) is 5.32 Å². The number of amides is 1. The Balaban J connectivity index is 2.08. The van der Waals surface area contributed by atoms with Crippen molar-refractivity contribution in [2.45, 2.75) is 19.4 Å². The van der Waals surface area contributed by atoms with Crippen LogP contribution in [0.1, 0.15) is 24.1 Å². The molecule has 0 heterocycles. The number of hydrogen-bond donors (Lipinski definition) is 1. The van der Waals surface area contributed by atoms with Crippen LogP contribution < -0.4 is 5.32 Å². The maximum Gasteiger partial charge on any atom is 0.225 e. The summed E-state index contributed by atoms with van der Waals surface area (Å²) in [7, 11) is 0. The largest absolute Gasteiger partial charge is 0.349 e. The highest BCUT2D eigenvalue weighted by atomic mass is 35.5. The summed E-state index contributed by atoms with van der Waals surface area (Å²) < 4.78 is 40.1. The summed E-state index contributed by atoms with van der Waals surface area (Å²) in [5.74, 6) is -2.54. The number of carbonyl (C=O) groups is 1. The van der Waals surface area contributed by atoms with Crippen molar-refractivity contribution >= 4 is 17.5 Å². The number of rotatable bonds is 4. The molecule has 0 radical (unpaired) electrons. The first kappa shape index (κ1) is 16.4. The minimum absolute atomic E-state index is 0.0773. The molecule has 2 nitrogen and oxygen atoms in total. The smallest absolute Gasteiger partial charge is 0.225 e. The first-order chi connectivity index (χ1) is 10.4. The fraction of sp³-hybridized carbons (Fsp3) is 0.188. The quantitative estimate of drug-likeness (QED) is 0.897. The van der Waals surface area contributed by atoms with Gasteiger partial charge in [0, 0.05) is 22.2 Å². The highest BCUT2D eigenvalue weighted by Crippen LogP contribution is 2.21. The van der Waals surface area contributed by atoms with Crippen LogP contribution in [0.2, 0.25) is 5.02 Å². The van der Waals surface area contributed by atoms with Crippen molar-refractivity contribution in [2.24, 2.45) is 0 Å². The molecule has 0 aliphatic heterocycles. The van der Waals surface area contributed by atoms with Gasteiger partial charge in [-0.25, -0.2) is 13.2 Å². The van der Waals surface area contributed by atoms with E-state index >= 15 is 0 Å². The third-order valence-corrected chi connectivity index (χ3v) is 3.56. The SMILES string of the molecule is C[C@H](NC(=O)Cc1c(F)cccc1Cl)c1ccc(F)cc1F. The lowest BCUT2D eigenvalue weighted by Crippen LogP contribution is -2.29. The second-order valence-corrected chi connectivity index (χ2v) is 5.24. The van der Waals surface area contributed by atoms with Gasteiger partial charge >= 0.3 is 0 Å². The van der Waals surface area contributed by atoms with Crippen molar-refractivity contribution in [1.82, 2.24) is 5.32 Å². The Morgan fingerprint density at radius 1 is 1.18 bits per heavy atom. The standard InChI is InChI=1S/C16H13ClF3NO/c1-9(11-6-5-10(18)7-15(11)20)21-16(22)8-12-13(17)3-2-4-14(12)19/h2-7,9H,8H2,1H3,(H,21,22)/t9-/m0/s1. The third kappa shape index (κ3) is 3.80. The first-order valence-corrected chi connectivity index (χ1v) is 6.93. The Labute approximate surface area is 130 Å². The number of halogens is 4. The molecule has 0 aliphatic carbocycles. The van der Waals surface area contributed by atoms with Crippen LogP contribution in [0.25, 0.3) is 0 Å². The van der Waals surface area contributed by atoms with Crippen molar-refractivity contribution in [2.75, 3.05) is 0 Å². The van der Waals surface area contributed by atoms with Crippen LogP contribution in [0.5, 0.6) is 0 Å². The summed E-state index contributed by atoms with van der Waals surface area (Å²) in [6.07, 6.45) is -0.265. The monoisotopic (exact) mass is 327 g/mol. The third-order valence-electron chi connectivity index (χ3n) is 3.21. The van der Waals surface area contributed by atoms with Crippen molar-refractivity contribution in [3.8, 4) is 0 Å². The molecule has 1 atom stereocenters. The van der Waals surface area contributed by atoms with Crippen molar-refractivity contribution in [1.29, 1.82) is 0 Å². The van der Waals surface area contributed by atoms with E-state index in [0.29, 0.717) is 0 Å². The molecule has 2 rings (SSSR count). The molecule has 2 aromatic rings. The summed E-state index contributed by atoms with van der Waals surface area (Å²) in [5, 5.41) is 2.68. The van der Waals surface area contributed by atoms with Gasteiger partial charge < -0.3 is 5.32 Å². The summed E-state index contributed by atoms with van der Waals surface area (Å²) in [6.45, 7) is 1.55. The molecule has 0 bridgehead atoms. The summed E-state index contributed by atoms with van der Waals surface area (Å²) in [6, 6.07) is 6.55. The molecule has 0 unspecified atom stereocenters. The van der Waals surface area contributed by atoms with E-state index in [4.69, 9.17) is 11.6 Å². The Morgan fingerprint density at radius 2 is 1.91 bits per heavy atom. The van der Waals surface area contributed by atoms with E-state index < -0.39 is 29.4 Å². The lowest BCUT2D eigenvalue weighted by atomic mass is 10.1. The van der Waals surface area contributed by atoms with Crippen molar-refractivity contribution in [3.63, 3.8) is 0 Å². The normalized spacial score (nSPS) is 12.0. The maximum absolute atomic E-state index is 13.6. The van der Waals surface area contributed by atoms with Gasteiger partial charge in [-0.15, -0.1) is 0 Å². The predicted octanol–water partition coefficient (Wildman–Crippen LogP) is 4.18. The molecule has 0 saturated carbocycles. The van der Waals surface area contributed by atoms with E-state index in [1.807, 2.05) is 0 Å². The molecule has 22 heavy (non-hydrogen) atoms. The second-order valence-electron chi connectivity index (χ2n) is 4.83. The van der Waals surface area contributed by atoms with Crippen LogP contribution in [-0.2, 0) is 11.2 Å². The van der Waals surface area contributed by atoms with Gasteiger partial charge in [-0.05, 0) is 25.1 Å². The molecule has 116 valence electrons. The van der Waals surface area contributed by atoms with E-state index in [9.17, 15) is 18.0 Å². The van der Waals surface area contributed by atoms with Crippen molar-refractivity contribution in [3.05, 3.63) is 70.0 Å². The molecule has 0 spiro atoms. The summed E-state index contributed by atoms with van der Waals surface area (Å²) in [4.78, 5) is 11.9. The number of carbonyl (C=O) groups excluding carboxylic acids is 1. The average Bonchev–Trinajstić information content (AvgIpc) is 2.42. The number of benzene rings is 2. The average molecular weight is 328 g/mol. The minimum Gasteiger partial charge on any atom is -0.349 e. The fourth-order valence-corrected chi connectivity index (χ4v) is 2.31. The lowest BCUT2D eigenvalue weighted by Gasteiger charge is -2.15. The Hall–Kier alpha value is -2.01. The van der Waals surface area contributed by atoms with E-state index in [0.717, 1.165) is 12.1 Å². The number of hydrogen-bond acceptors (Lipinski definition) is 1. The maximum atomic E-state index is 13.6.